The predicted octanol–water partition coefficient (Wildman–Crippen LogP) is 15.4. The van der Waals surface area contributed by atoms with Crippen LogP contribution in [0.4, 0.5) is 11.4 Å². The van der Waals surface area contributed by atoms with Crippen LogP contribution >= 0.6 is 0 Å². The third-order valence-electron chi connectivity index (χ3n) is 13.2. The van der Waals surface area contributed by atoms with E-state index in [1.54, 1.807) is 12.1 Å². The lowest BCUT2D eigenvalue weighted by Crippen LogP contribution is -2.36. The monoisotopic (exact) mass is 823 g/mol. The Morgan fingerprint density at radius 2 is 1.03 bits per heavy atom. The molecule has 0 radical (unpaired) electrons. The molecule has 1 aliphatic rings. The molecule has 0 saturated heterocycles. The first kappa shape index (κ1) is 49.0. The maximum atomic E-state index is 13.9. The molecule has 6 heteroatoms. The summed E-state index contributed by atoms with van der Waals surface area (Å²) in [6.45, 7) is 7.74. The average molecular weight is 823 g/mol. The zero-order valence-corrected chi connectivity index (χ0v) is 38.2. The van der Waals surface area contributed by atoms with E-state index in [1.165, 1.54) is 190 Å². The minimum Gasteiger partial charge on any atom is -0.505 e. The molecule has 3 aromatic rings. The predicted molar refractivity (Wildman–Crippen MR) is 254 cm³/mol. The van der Waals surface area contributed by atoms with Crippen LogP contribution in [0.5, 0.6) is 5.75 Å². The number of carboxylic acid groups (broad SMARTS) is 1. The van der Waals surface area contributed by atoms with Crippen molar-refractivity contribution in [2.75, 3.05) is 11.4 Å². The van der Waals surface area contributed by atoms with Crippen molar-refractivity contribution in [2.45, 2.75) is 219 Å². The van der Waals surface area contributed by atoms with Gasteiger partial charge < -0.3 is 15.1 Å². The lowest BCUT2D eigenvalue weighted by molar-refractivity contribution is 0.0697. The Bertz CT molecular complexity index is 1770. The fourth-order valence-electron chi connectivity index (χ4n) is 9.57. The first-order valence-corrected chi connectivity index (χ1v) is 24.9. The van der Waals surface area contributed by atoms with Crippen LogP contribution < -0.4 is 15.7 Å². The van der Waals surface area contributed by atoms with E-state index in [9.17, 15) is 19.8 Å². The number of anilines is 1. The zero-order valence-electron chi connectivity index (χ0n) is 38.2. The smallest absolute Gasteiger partial charge is 0.335 e. The van der Waals surface area contributed by atoms with E-state index in [1.807, 2.05) is 6.08 Å². The first-order valence-electron chi connectivity index (χ1n) is 24.9. The van der Waals surface area contributed by atoms with Crippen LogP contribution in [-0.4, -0.2) is 22.7 Å². The molecule has 3 aromatic carbocycles. The minimum atomic E-state index is -1.02. The highest BCUT2D eigenvalue weighted by Crippen LogP contribution is 2.54. The van der Waals surface area contributed by atoms with Crippen molar-refractivity contribution in [3.63, 3.8) is 0 Å². The van der Waals surface area contributed by atoms with Gasteiger partial charge >= 0.3 is 5.97 Å². The molecule has 4 rings (SSSR count). The van der Waals surface area contributed by atoms with E-state index >= 15 is 0 Å². The second-order valence-electron chi connectivity index (χ2n) is 18.0. The lowest BCUT2D eigenvalue weighted by atomic mass is 9.71. The Balaban J connectivity index is 1.61. The molecule has 1 aliphatic heterocycles. The molecule has 0 amide bonds. The number of benzene rings is 2. The molecular formula is C54H82N2O4. The van der Waals surface area contributed by atoms with Crippen molar-refractivity contribution >= 4 is 23.4 Å². The van der Waals surface area contributed by atoms with Crippen LogP contribution in [0.1, 0.15) is 235 Å². The third-order valence-corrected chi connectivity index (χ3v) is 13.2. The molecule has 6 nitrogen and oxygen atoms in total. The SMILES string of the molecule is CCCCCCCCCCCCN1C(=Cc2c(O)c(=Nc3ccc(C(=O)O)cc3)c2=O)[C@@](CCCCCCCCCC)(CCCCCCCCCCCC)c2ccccc21. The average Bonchev–Trinajstić information content (AvgIpc) is 3.51. The van der Waals surface area contributed by atoms with Crippen molar-refractivity contribution in [1.29, 1.82) is 0 Å². The van der Waals surface area contributed by atoms with Crippen LogP contribution in [-0.2, 0) is 5.41 Å². The number of aromatic hydroxyl groups is 1. The molecular weight excluding hydrogens is 741 g/mol. The maximum Gasteiger partial charge on any atom is 0.335 e. The highest BCUT2D eigenvalue weighted by Gasteiger charge is 2.46. The number of fused-ring (bicyclic) bond motifs is 1. The van der Waals surface area contributed by atoms with E-state index in [-0.39, 0.29) is 27.5 Å². The number of carbonyl (C=O) groups is 1. The van der Waals surface area contributed by atoms with Crippen LogP contribution in [0.25, 0.3) is 6.08 Å². The molecule has 0 aliphatic carbocycles. The highest BCUT2D eigenvalue weighted by molar-refractivity contribution is 5.88. The number of para-hydroxylation sites is 1. The molecule has 0 aromatic heterocycles. The Morgan fingerprint density at radius 3 is 1.48 bits per heavy atom. The van der Waals surface area contributed by atoms with Gasteiger partial charge in [-0.1, -0.05) is 212 Å². The van der Waals surface area contributed by atoms with Gasteiger partial charge in [0.1, 0.15) is 0 Å². The Morgan fingerprint density at radius 1 is 0.600 bits per heavy atom. The molecule has 332 valence electrons. The largest absolute Gasteiger partial charge is 0.505 e. The molecule has 1 heterocycles. The Kier molecular flexibility index (Phi) is 22.9. The summed E-state index contributed by atoms with van der Waals surface area (Å²) in [4.78, 5) is 32.3. The summed E-state index contributed by atoms with van der Waals surface area (Å²) in [5.74, 6) is -1.08. The molecule has 0 bridgehead atoms. The molecule has 2 N–H and O–H groups in total. The first-order chi connectivity index (χ1) is 29.4. The number of nitrogens with zero attached hydrogens (tertiary/aromatic N) is 2. The van der Waals surface area contributed by atoms with E-state index in [4.69, 9.17) is 0 Å². The molecule has 1 atom stereocenters. The van der Waals surface area contributed by atoms with E-state index in [0.717, 1.165) is 38.6 Å². The number of rotatable bonds is 34. The maximum absolute atomic E-state index is 13.9. The van der Waals surface area contributed by atoms with Crippen LogP contribution in [0, 0.1) is 0 Å². The quantitative estimate of drug-likeness (QED) is 0.0586. The van der Waals surface area contributed by atoms with Crippen molar-refractivity contribution < 1.29 is 15.0 Å². The van der Waals surface area contributed by atoms with Gasteiger partial charge in [-0.15, -0.1) is 0 Å². The Labute approximate surface area is 364 Å². The van der Waals surface area contributed by atoms with Gasteiger partial charge in [0.2, 0.25) is 5.43 Å². The minimum absolute atomic E-state index is 0.0463. The molecule has 0 saturated carbocycles. The van der Waals surface area contributed by atoms with E-state index in [0.29, 0.717) is 11.3 Å². The van der Waals surface area contributed by atoms with E-state index in [2.05, 4.69) is 54.9 Å². The second-order valence-corrected chi connectivity index (χ2v) is 18.0. The molecule has 60 heavy (non-hydrogen) atoms. The topological polar surface area (TPSA) is 90.2 Å². The standard InChI is InChI=1S/C54H82N2O4/c1-4-7-10-13-16-19-21-24-27-32-41-54(40-31-26-23-18-15-12-9-6-3)47-34-29-30-35-48(47)56(42-33-28-25-22-20-17-14-11-8-5-2)49(54)43-46-51(57)50(52(46)58)55-45-38-36-44(37-39-45)53(59)60/h29-30,34-39,43,57H,4-28,31-33,40-42H2,1-3H3,(H,59,60)/t54-/m0/s1. The van der Waals surface area contributed by atoms with Gasteiger partial charge in [0, 0.05) is 23.3 Å². The van der Waals surface area contributed by atoms with Gasteiger partial charge in [0.15, 0.2) is 11.1 Å². The van der Waals surface area contributed by atoms with Gasteiger partial charge in [0.25, 0.3) is 0 Å². The zero-order chi connectivity index (χ0) is 42.8. The number of unbranched alkanes of at least 4 members (excludes halogenated alkanes) is 25. The molecule has 0 fully saturated rings. The summed E-state index contributed by atoms with van der Waals surface area (Å²) < 4.78 is 0. The number of hydrogen-bond acceptors (Lipinski definition) is 5. The van der Waals surface area contributed by atoms with E-state index < -0.39 is 5.97 Å². The van der Waals surface area contributed by atoms with Gasteiger partial charge in [-0.2, -0.15) is 0 Å². The lowest BCUT2D eigenvalue weighted by Gasteiger charge is -2.35. The fraction of sp³-hybridized carbons (Fsp3) is 0.648. The van der Waals surface area contributed by atoms with Gasteiger partial charge in [-0.25, -0.2) is 9.79 Å². The second kappa shape index (κ2) is 28.0. The number of allylic oxidation sites excluding steroid dienone is 1. The fourth-order valence-corrected chi connectivity index (χ4v) is 9.57. The molecule has 0 spiro atoms. The summed E-state index contributed by atoms with van der Waals surface area (Å²) in [6, 6.07) is 15.1. The van der Waals surface area contributed by atoms with Gasteiger partial charge in [-0.05, 0) is 61.2 Å². The van der Waals surface area contributed by atoms with Crippen molar-refractivity contribution in [2.24, 2.45) is 4.99 Å². The number of hydrogen-bond donors (Lipinski definition) is 2. The summed E-state index contributed by atoms with van der Waals surface area (Å²) in [7, 11) is 0. The summed E-state index contributed by atoms with van der Waals surface area (Å²) in [6.07, 6.45) is 40.1. The van der Waals surface area contributed by atoms with Gasteiger partial charge in [-0.3, -0.25) is 4.79 Å². The normalized spacial score (nSPS) is 16.1. The van der Waals surface area contributed by atoms with Crippen molar-refractivity contribution in [3.05, 3.63) is 86.5 Å². The van der Waals surface area contributed by atoms with Crippen LogP contribution in [0.2, 0.25) is 0 Å². The summed E-state index contributed by atoms with van der Waals surface area (Å²) in [5.41, 5.74) is 4.30. The third kappa shape index (κ3) is 15.0. The number of aromatic carboxylic acids is 1. The van der Waals surface area contributed by atoms with Gasteiger partial charge in [0.05, 0.1) is 16.8 Å². The Hall–Kier alpha value is -3.67. The summed E-state index contributed by atoms with van der Waals surface area (Å²) >= 11 is 0. The molecule has 0 unspecified atom stereocenters. The number of carboxylic acids is 1. The van der Waals surface area contributed by atoms with Crippen LogP contribution in [0.3, 0.4) is 0 Å². The summed E-state index contributed by atoms with van der Waals surface area (Å²) in [5, 5.41) is 20.9. The van der Waals surface area contributed by atoms with Crippen molar-refractivity contribution in [1.82, 2.24) is 0 Å². The highest BCUT2D eigenvalue weighted by atomic mass is 16.4. The van der Waals surface area contributed by atoms with Crippen molar-refractivity contribution in [3.8, 4) is 5.75 Å². The van der Waals surface area contributed by atoms with Crippen LogP contribution in [0.15, 0.2) is 64.0 Å².